The number of hydrogen-bond acceptors (Lipinski definition) is 5. The van der Waals surface area contributed by atoms with Gasteiger partial charge in [0.05, 0.1) is 34.8 Å². The van der Waals surface area contributed by atoms with Gasteiger partial charge in [-0.15, -0.1) is 5.10 Å². The molecule has 0 spiro atoms. The zero-order valence-electron chi connectivity index (χ0n) is 13.3. The third-order valence-corrected chi connectivity index (χ3v) is 4.67. The molecule has 0 aliphatic carbocycles. The Bertz CT molecular complexity index is 732. The van der Waals surface area contributed by atoms with Gasteiger partial charge in [-0.1, -0.05) is 16.8 Å². The molecule has 1 N–H and O–H groups in total. The maximum absolute atomic E-state index is 12.3. The zero-order chi connectivity index (χ0) is 16.7. The summed E-state index contributed by atoms with van der Waals surface area (Å²) in [5.41, 5.74) is 2.06. The molecular weight excluding hydrogens is 320 g/mol. The summed E-state index contributed by atoms with van der Waals surface area (Å²) in [6.45, 7) is 6.65. The molecule has 0 radical (unpaired) electrons. The van der Waals surface area contributed by atoms with E-state index in [1.807, 2.05) is 13.8 Å². The number of halogens is 1. The standard InChI is InChI=1S/C14H19ClN6O2/c1-8-14(15)9(2)20(17-8)7-13(23)19-4-11(5-19)21-6-12(10(3)22)16-18-21/h6,10-11,22H,4-5,7H2,1-3H3. The molecule has 124 valence electrons. The highest BCUT2D eigenvalue weighted by molar-refractivity contribution is 6.31. The number of carbonyl (C=O) groups is 1. The van der Waals surface area contributed by atoms with Crippen molar-refractivity contribution in [3.8, 4) is 0 Å². The number of aliphatic hydroxyl groups excluding tert-OH is 1. The predicted octanol–water partition coefficient (Wildman–Crippen LogP) is 0.882. The van der Waals surface area contributed by atoms with E-state index in [0.29, 0.717) is 23.8 Å². The highest BCUT2D eigenvalue weighted by atomic mass is 35.5. The topological polar surface area (TPSA) is 89.1 Å². The van der Waals surface area contributed by atoms with Crippen LogP contribution in [0, 0.1) is 13.8 Å². The van der Waals surface area contributed by atoms with Crippen LogP contribution < -0.4 is 0 Å². The Morgan fingerprint density at radius 3 is 2.70 bits per heavy atom. The molecular formula is C14H19ClN6O2. The number of likely N-dealkylation sites (tertiary alicyclic amines) is 1. The van der Waals surface area contributed by atoms with Gasteiger partial charge >= 0.3 is 0 Å². The number of rotatable bonds is 4. The van der Waals surface area contributed by atoms with Gasteiger partial charge in [0.25, 0.3) is 0 Å². The number of aryl methyl sites for hydroxylation is 1. The van der Waals surface area contributed by atoms with Crippen molar-refractivity contribution in [3.05, 3.63) is 28.3 Å². The first-order valence-electron chi connectivity index (χ1n) is 7.44. The fraction of sp³-hybridized carbons (Fsp3) is 0.571. The van der Waals surface area contributed by atoms with Crippen LogP contribution in [-0.4, -0.2) is 53.8 Å². The van der Waals surface area contributed by atoms with Gasteiger partial charge in [0.1, 0.15) is 12.2 Å². The molecule has 2 aromatic rings. The lowest BCUT2D eigenvalue weighted by atomic mass is 10.1. The Balaban J connectivity index is 1.58. The van der Waals surface area contributed by atoms with Crippen molar-refractivity contribution in [2.75, 3.05) is 13.1 Å². The normalized spacial score (nSPS) is 16.5. The van der Waals surface area contributed by atoms with E-state index in [9.17, 15) is 9.90 Å². The van der Waals surface area contributed by atoms with Gasteiger partial charge in [-0.2, -0.15) is 5.10 Å². The molecule has 1 aliphatic heterocycles. The molecule has 0 saturated carbocycles. The molecule has 1 aliphatic rings. The average Bonchev–Trinajstić information content (AvgIpc) is 3.00. The second kappa shape index (κ2) is 5.93. The summed E-state index contributed by atoms with van der Waals surface area (Å²) >= 11 is 6.09. The molecule has 3 rings (SSSR count). The largest absolute Gasteiger partial charge is 0.387 e. The third-order valence-electron chi connectivity index (χ3n) is 4.12. The van der Waals surface area contributed by atoms with Crippen LogP contribution in [-0.2, 0) is 11.3 Å². The van der Waals surface area contributed by atoms with Crippen LogP contribution in [0.5, 0.6) is 0 Å². The lowest BCUT2D eigenvalue weighted by Gasteiger charge is -2.38. The molecule has 9 heteroatoms. The van der Waals surface area contributed by atoms with E-state index in [2.05, 4.69) is 15.4 Å². The second-order valence-corrected chi connectivity index (χ2v) is 6.27. The van der Waals surface area contributed by atoms with Crippen LogP contribution in [0.15, 0.2) is 6.20 Å². The van der Waals surface area contributed by atoms with Crippen molar-refractivity contribution in [1.82, 2.24) is 29.7 Å². The lowest BCUT2D eigenvalue weighted by molar-refractivity contribution is -0.138. The monoisotopic (exact) mass is 338 g/mol. The van der Waals surface area contributed by atoms with Crippen LogP contribution in [0.1, 0.15) is 36.2 Å². The molecule has 1 fully saturated rings. The number of hydrogen-bond donors (Lipinski definition) is 1. The summed E-state index contributed by atoms with van der Waals surface area (Å²) < 4.78 is 3.33. The van der Waals surface area contributed by atoms with Crippen LogP contribution in [0.2, 0.25) is 5.02 Å². The van der Waals surface area contributed by atoms with E-state index in [4.69, 9.17) is 11.6 Å². The molecule has 0 aromatic carbocycles. The van der Waals surface area contributed by atoms with Crippen molar-refractivity contribution in [1.29, 1.82) is 0 Å². The summed E-state index contributed by atoms with van der Waals surface area (Å²) in [6, 6.07) is 0.1000. The maximum atomic E-state index is 12.3. The van der Waals surface area contributed by atoms with E-state index in [1.54, 1.807) is 27.4 Å². The zero-order valence-corrected chi connectivity index (χ0v) is 14.0. The van der Waals surface area contributed by atoms with E-state index in [1.165, 1.54) is 0 Å². The van der Waals surface area contributed by atoms with Crippen molar-refractivity contribution < 1.29 is 9.90 Å². The number of nitrogens with zero attached hydrogens (tertiary/aromatic N) is 6. The Labute approximate surface area is 138 Å². The number of aromatic nitrogens is 5. The van der Waals surface area contributed by atoms with Gasteiger partial charge in [-0.05, 0) is 20.8 Å². The Morgan fingerprint density at radius 1 is 1.48 bits per heavy atom. The summed E-state index contributed by atoms with van der Waals surface area (Å²) in [5.74, 6) is -0.000573. The first kappa shape index (κ1) is 15.9. The van der Waals surface area contributed by atoms with Crippen molar-refractivity contribution in [2.24, 2.45) is 0 Å². The SMILES string of the molecule is Cc1nn(CC(=O)N2CC(n3cc(C(C)O)nn3)C2)c(C)c1Cl. The fourth-order valence-corrected chi connectivity index (χ4v) is 2.68. The van der Waals surface area contributed by atoms with Crippen LogP contribution in [0.4, 0.5) is 0 Å². The predicted molar refractivity (Wildman–Crippen MR) is 83.0 cm³/mol. The Hall–Kier alpha value is -1.93. The number of aliphatic hydroxyl groups is 1. The highest BCUT2D eigenvalue weighted by Crippen LogP contribution is 2.23. The summed E-state index contributed by atoms with van der Waals surface area (Å²) in [6.07, 6.45) is 1.08. The second-order valence-electron chi connectivity index (χ2n) is 5.89. The molecule has 0 bridgehead atoms. The molecule has 3 heterocycles. The van der Waals surface area contributed by atoms with Crippen LogP contribution in [0.25, 0.3) is 0 Å². The summed E-state index contributed by atoms with van der Waals surface area (Å²) in [7, 11) is 0. The van der Waals surface area contributed by atoms with Gasteiger partial charge in [-0.25, -0.2) is 4.68 Å². The quantitative estimate of drug-likeness (QED) is 0.894. The molecule has 1 amide bonds. The first-order chi connectivity index (χ1) is 10.9. The minimum atomic E-state index is -0.641. The molecule has 1 atom stereocenters. The maximum Gasteiger partial charge on any atom is 0.244 e. The van der Waals surface area contributed by atoms with Gasteiger partial charge in [-0.3, -0.25) is 9.48 Å². The smallest absolute Gasteiger partial charge is 0.244 e. The Morgan fingerprint density at radius 2 is 2.17 bits per heavy atom. The van der Waals surface area contributed by atoms with Gasteiger partial charge in [0.15, 0.2) is 0 Å². The molecule has 23 heavy (non-hydrogen) atoms. The van der Waals surface area contributed by atoms with E-state index >= 15 is 0 Å². The Kier molecular flexibility index (Phi) is 4.11. The minimum absolute atomic E-state index is 0.000573. The van der Waals surface area contributed by atoms with E-state index < -0.39 is 6.10 Å². The van der Waals surface area contributed by atoms with Gasteiger partial charge < -0.3 is 10.0 Å². The summed E-state index contributed by atoms with van der Waals surface area (Å²) in [5, 5.41) is 22.3. The van der Waals surface area contributed by atoms with Crippen molar-refractivity contribution in [3.63, 3.8) is 0 Å². The lowest BCUT2D eigenvalue weighted by Crippen LogP contribution is -2.52. The first-order valence-corrected chi connectivity index (χ1v) is 7.81. The molecule has 1 unspecified atom stereocenters. The van der Waals surface area contributed by atoms with Crippen LogP contribution in [0.3, 0.4) is 0 Å². The minimum Gasteiger partial charge on any atom is -0.387 e. The average molecular weight is 339 g/mol. The van der Waals surface area contributed by atoms with Crippen molar-refractivity contribution >= 4 is 17.5 Å². The third kappa shape index (κ3) is 2.96. The van der Waals surface area contributed by atoms with Crippen molar-refractivity contribution in [2.45, 2.75) is 39.5 Å². The number of carbonyl (C=O) groups excluding carboxylic acids is 1. The highest BCUT2D eigenvalue weighted by Gasteiger charge is 2.33. The van der Waals surface area contributed by atoms with E-state index in [-0.39, 0.29) is 18.5 Å². The van der Waals surface area contributed by atoms with E-state index in [0.717, 1.165) is 11.4 Å². The molecule has 2 aromatic heterocycles. The van der Waals surface area contributed by atoms with Gasteiger partial charge in [0.2, 0.25) is 5.91 Å². The molecule has 1 saturated heterocycles. The van der Waals surface area contributed by atoms with Gasteiger partial charge in [0, 0.05) is 13.1 Å². The fourth-order valence-electron chi connectivity index (χ4n) is 2.54. The number of amides is 1. The molecule has 8 nitrogen and oxygen atoms in total. The van der Waals surface area contributed by atoms with Crippen LogP contribution >= 0.6 is 11.6 Å². The summed E-state index contributed by atoms with van der Waals surface area (Å²) in [4.78, 5) is 14.0.